The van der Waals surface area contributed by atoms with Gasteiger partial charge in [-0.15, -0.1) is 0 Å². The Balaban J connectivity index is 1.51. The second-order valence-corrected chi connectivity index (χ2v) is 10.8. The van der Waals surface area contributed by atoms with Gasteiger partial charge < -0.3 is 4.57 Å². The Labute approximate surface area is 308 Å². The van der Waals surface area contributed by atoms with Crippen LogP contribution in [0.1, 0.15) is 23.3 Å². The van der Waals surface area contributed by atoms with Crippen molar-refractivity contribution in [1.29, 1.82) is 0 Å². The number of benzene rings is 7. The lowest BCUT2D eigenvalue weighted by molar-refractivity contribution is 1.06. The molecular formula is C45H30N4. The first-order chi connectivity index (χ1) is 31.4. The van der Waals surface area contributed by atoms with E-state index in [9.17, 15) is 8.22 Å². The van der Waals surface area contributed by atoms with Crippen LogP contribution in [0.3, 0.4) is 0 Å². The highest BCUT2D eigenvalue weighted by molar-refractivity contribution is 6.10. The average Bonchev–Trinajstić information content (AvgIpc) is 3.70. The van der Waals surface area contributed by atoms with Crippen molar-refractivity contribution >= 4 is 21.8 Å². The Bertz CT molecular complexity index is 3370. The van der Waals surface area contributed by atoms with Gasteiger partial charge in [0.25, 0.3) is 0 Å². The summed E-state index contributed by atoms with van der Waals surface area (Å²) >= 11 is 0. The molecule has 7 aromatic carbocycles. The summed E-state index contributed by atoms with van der Waals surface area (Å²) in [6.45, 7) is 0. The molecule has 9 rings (SSSR count). The van der Waals surface area contributed by atoms with Crippen LogP contribution < -0.4 is 0 Å². The van der Waals surface area contributed by atoms with Gasteiger partial charge in [-0.2, -0.15) is 0 Å². The van der Waals surface area contributed by atoms with E-state index in [-0.39, 0.29) is 61.7 Å². The summed E-state index contributed by atoms with van der Waals surface area (Å²) < 4.78 is 152. The SMILES string of the molecule is [2H]c1c([2H])c([2H])c(-c2c([2H])c([2H])c(-c3cccc(-n4c5c([2H])c([2H])c([2H])c([2H])c5c5c([2H])c([2H])c([2H])c([2H])c54)c3-c3nc(-c4ccccc4)nc(-c4ccccc4)n3)c([2H])c2[2H])c([2H])c1[2H]. The van der Waals surface area contributed by atoms with Crippen molar-refractivity contribution in [3.8, 4) is 62.1 Å². The first-order valence-corrected chi connectivity index (χ1v) is 15.1. The maximum atomic E-state index is 9.49. The average molecular weight is 644 g/mol. The third-order valence-electron chi connectivity index (χ3n) is 7.88. The van der Waals surface area contributed by atoms with Crippen molar-refractivity contribution < 1.29 is 23.3 Å². The van der Waals surface area contributed by atoms with Crippen molar-refractivity contribution in [2.75, 3.05) is 0 Å². The van der Waals surface area contributed by atoms with E-state index in [4.69, 9.17) is 30.0 Å². The van der Waals surface area contributed by atoms with Gasteiger partial charge in [0.1, 0.15) is 0 Å². The van der Waals surface area contributed by atoms with Crippen LogP contribution >= 0.6 is 0 Å². The summed E-state index contributed by atoms with van der Waals surface area (Å²) in [6, 6.07) is 10.3. The molecule has 0 unspecified atom stereocenters. The van der Waals surface area contributed by atoms with E-state index >= 15 is 0 Å². The molecule has 4 heteroatoms. The number of rotatable bonds is 6. The van der Waals surface area contributed by atoms with Crippen LogP contribution in [0.4, 0.5) is 0 Å². The monoisotopic (exact) mass is 643 g/mol. The largest absolute Gasteiger partial charge is 0.308 e. The Morgan fingerprint density at radius 1 is 0.388 bits per heavy atom. The van der Waals surface area contributed by atoms with Gasteiger partial charge in [-0.3, -0.25) is 0 Å². The second kappa shape index (κ2) is 12.2. The quantitative estimate of drug-likeness (QED) is 0.181. The van der Waals surface area contributed by atoms with E-state index in [2.05, 4.69) is 0 Å². The Morgan fingerprint density at radius 3 is 1.47 bits per heavy atom. The van der Waals surface area contributed by atoms with Gasteiger partial charge >= 0.3 is 0 Å². The van der Waals surface area contributed by atoms with Crippen molar-refractivity contribution in [3.63, 3.8) is 0 Å². The molecule has 49 heavy (non-hydrogen) atoms. The highest BCUT2D eigenvalue weighted by atomic mass is 15.1. The molecule has 0 radical (unpaired) electrons. The highest BCUT2D eigenvalue weighted by Gasteiger charge is 2.22. The zero-order valence-corrected chi connectivity index (χ0v) is 25.3. The third-order valence-corrected chi connectivity index (χ3v) is 7.88. The number of fused-ring (bicyclic) bond motifs is 3. The summed E-state index contributed by atoms with van der Waals surface area (Å²) in [5, 5.41) is -0.450. The minimum absolute atomic E-state index is 0.0571. The molecule has 2 aromatic heterocycles. The zero-order valence-electron chi connectivity index (χ0n) is 42.3. The lowest BCUT2D eigenvalue weighted by Crippen LogP contribution is -2.05. The molecule has 4 nitrogen and oxygen atoms in total. The highest BCUT2D eigenvalue weighted by Crippen LogP contribution is 2.41. The maximum Gasteiger partial charge on any atom is 0.166 e. The van der Waals surface area contributed by atoms with Crippen LogP contribution in [0.25, 0.3) is 83.9 Å². The fraction of sp³-hybridized carbons (Fsp3) is 0. The molecule has 0 N–H and O–H groups in total. The number of hydrogen-bond acceptors (Lipinski definition) is 3. The molecule has 2 heterocycles. The van der Waals surface area contributed by atoms with E-state index in [1.807, 2.05) is 0 Å². The van der Waals surface area contributed by atoms with Gasteiger partial charge in [-0.05, 0) is 40.4 Å². The lowest BCUT2D eigenvalue weighted by atomic mass is 9.95. The fourth-order valence-electron chi connectivity index (χ4n) is 5.70. The molecular weight excluding hydrogens is 597 g/mol. The molecule has 0 amide bonds. The van der Waals surface area contributed by atoms with Crippen LogP contribution in [-0.4, -0.2) is 19.5 Å². The number of aromatic nitrogens is 4. The zero-order chi connectivity index (χ0) is 47.4. The third kappa shape index (κ3) is 5.16. The first kappa shape index (κ1) is 16.0. The van der Waals surface area contributed by atoms with Crippen LogP contribution in [0.2, 0.25) is 0 Å². The number of nitrogens with zero attached hydrogens (tertiary/aromatic N) is 4. The summed E-state index contributed by atoms with van der Waals surface area (Å²) in [4.78, 5) is 14.6. The topological polar surface area (TPSA) is 43.6 Å². The van der Waals surface area contributed by atoms with Crippen LogP contribution in [-0.2, 0) is 0 Å². The number of para-hydroxylation sites is 2. The van der Waals surface area contributed by atoms with Crippen LogP contribution in [0.15, 0.2) is 182 Å². The van der Waals surface area contributed by atoms with E-state index in [0.717, 1.165) is 0 Å². The smallest absolute Gasteiger partial charge is 0.166 e. The molecule has 0 saturated heterocycles. The molecule has 0 fully saturated rings. The van der Waals surface area contributed by atoms with Crippen LogP contribution in [0, 0.1) is 0 Å². The molecule has 0 aliphatic carbocycles. The molecule has 0 bridgehead atoms. The van der Waals surface area contributed by atoms with Gasteiger partial charge in [0.05, 0.1) is 45.6 Å². The van der Waals surface area contributed by atoms with E-state index in [1.165, 1.54) is 22.8 Å². The fourth-order valence-corrected chi connectivity index (χ4v) is 5.70. The normalized spacial score (nSPS) is 16.1. The van der Waals surface area contributed by atoms with Crippen LogP contribution in [0.5, 0.6) is 0 Å². The second-order valence-electron chi connectivity index (χ2n) is 10.8. The molecule has 0 atom stereocenters. The Kier molecular flexibility index (Phi) is 3.97. The van der Waals surface area contributed by atoms with Crippen molar-refractivity contribution in [3.05, 3.63) is 182 Å². The van der Waals surface area contributed by atoms with Gasteiger partial charge in [-0.1, -0.05) is 163 Å². The molecule has 0 aliphatic rings. The molecule has 0 saturated carbocycles. The molecule has 9 aromatic rings. The van der Waals surface area contributed by atoms with Crippen molar-refractivity contribution in [2.45, 2.75) is 0 Å². The van der Waals surface area contributed by atoms with Crippen molar-refractivity contribution in [2.24, 2.45) is 0 Å². The van der Waals surface area contributed by atoms with Gasteiger partial charge in [0.15, 0.2) is 17.5 Å². The molecule has 0 spiro atoms. The van der Waals surface area contributed by atoms with E-state index in [0.29, 0.717) is 11.1 Å². The first-order valence-electron chi connectivity index (χ1n) is 23.6. The van der Waals surface area contributed by atoms with E-state index in [1.54, 1.807) is 60.7 Å². The molecule has 0 aliphatic heterocycles. The van der Waals surface area contributed by atoms with Gasteiger partial charge in [-0.25, -0.2) is 15.0 Å². The number of hydrogen-bond donors (Lipinski definition) is 0. The van der Waals surface area contributed by atoms with Gasteiger partial charge in [0.2, 0.25) is 0 Å². The van der Waals surface area contributed by atoms with Crippen molar-refractivity contribution in [1.82, 2.24) is 19.5 Å². The Hall–Kier alpha value is -6.65. The van der Waals surface area contributed by atoms with Gasteiger partial charge in [0, 0.05) is 21.9 Å². The predicted molar refractivity (Wildman–Crippen MR) is 201 cm³/mol. The minimum Gasteiger partial charge on any atom is -0.308 e. The molecule has 230 valence electrons. The standard InChI is InChI=1S/C45H30N4/c1-4-15-31(16-5-1)32-27-29-33(30-28-32)36-23-14-26-41(49-39-24-12-10-21-37(39)38-22-11-13-25-40(38)49)42(36)45-47-43(34-17-6-2-7-18-34)46-44(48-45)35-19-8-3-9-20-35/h1-30H/i1D,4D,5D,10D,11D,12D,13D,15D,16D,21D,22D,24D,25D,27D,28D,29D,30D. The van der Waals surface area contributed by atoms with E-state index < -0.39 is 114 Å². The Morgan fingerprint density at radius 2 is 0.878 bits per heavy atom. The summed E-state index contributed by atoms with van der Waals surface area (Å²) in [6.07, 6.45) is 0. The summed E-state index contributed by atoms with van der Waals surface area (Å²) in [5.74, 6) is 0.126. The lowest BCUT2D eigenvalue weighted by Gasteiger charge is -2.18. The maximum absolute atomic E-state index is 9.49. The summed E-state index contributed by atoms with van der Waals surface area (Å²) in [5.41, 5.74) is -1.14. The summed E-state index contributed by atoms with van der Waals surface area (Å²) in [7, 11) is 0. The minimum atomic E-state index is -0.758. The predicted octanol–water partition coefficient (Wildman–Crippen LogP) is 11.3.